The standard InChI is InChI=1S/C16H12BrClO2/c1-9-7-13-11(8-12(9)18)15(19)14(17)16(20-13)10-5-3-2-4-6-10/h2-8,14,16H,1H3/t14-,16+/m0/s1. The van der Waals surface area contributed by atoms with E-state index in [1.807, 2.05) is 43.3 Å². The highest BCUT2D eigenvalue weighted by Gasteiger charge is 2.36. The summed E-state index contributed by atoms with van der Waals surface area (Å²) >= 11 is 9.54. The molecule has 0 saturated heterocycles. The van der Waals surface area contributed by atoms with Gasteiger partial charge in [0.1, 0.15) is 16.7 Å². The van der Waals surface area contributed by atoms with Crippen LogP contribution < -0.4 is 4.74 Å². The van der Waals surface area contributed by atoms with Crippen molar-refractivity contribution in [2.24, 2.45) is 0 Å². The van der Waals surface area contributed by atoms with Crippen LogP contribution in [0.5, 0.6) is 5.75 Å². The number of aryl methyl sites for hydroxylation is 1. The summed E-state index contributed by atoms with van der Waals surface area (Å²) in [7, 11) is 0. The summed E-state index contributed by atoms with van der Waals surface area (Å²) in [6.45, 7) is 1.90. The predicted octanol–water partition coefficient (Wildman–Crippen LogP) is 4.73. The van der Waals surface area contributed by atoms with Crippen LogP contribution in [0.15, 0.2) is 42.5 Å². The van der Waals surface area contributed by atoms with Gasteiger partial charge in [-0.25, -0.2) is 0 Å². The molecule has 1 aliphatic heterocycles. The van der Waals surface area contributed by atoms with Crippen molar-refractivity contribution in [1.29, 1.82) is 0 Å². The molecular formula is C16H12BrClO2. The maximum Gasteiger partial charge on any atom is 0.184 e. The number of carbonyl (C=O) groups is 1. The Balaban J connectivity index is 2.07. The highest BCUT2D eigenvalue weighted by atomic mass is 79.9. The normalized spacial score (nSPS) is 21.2. The minimum Gasteiger partial charge on any atom is -0.483 e. The molecular weight excluding hydrogens is 340 g/mol. The fraction of sp³-hybridized carbons (Fsp3) is 0.188. The van der Waals surface area contributed by atoms with Crippen molar-refractivity contribution in [3.05, 3.63) is 64.2 Å². The van der Waals surface area contributed by atoms with Crippen molar-refractivity contribution in [3.63, 3.8) is 0 Å². The van der Waals surface area contributed by atoms with Crippen molar-refractivity contribution in [3.8, 4) is 5.75 Å². The molecule has 0 spiro atoms. The van der Waals surface area contributed by atoms with Crippen LogP contribution >= 0.6 is 27.5 Å². The van der Waals surface area contributed by atoms with Gasteiger partial charge in [-0.2, -0.15) is 0 Å². The first kappa shape index (κ1) is 13.7. The molecule has 0 aliphatic carbocycles. The summed E-state index contributed by atoms with van der Waals surface area (Å²) in [5.74, 6) is 0.600. The molecule has 2 atom stereocenters. The first-order valence-corrected chi connectivity index (χ1v) is 7.57. The van der Waals surface area contributed by atoms with E-state index in [1.165, 1.54) is 0 Å². The van der Waals surface area contributed by atoms with Gasteiger partial charge in [0.25, 0.3) is 0 Å². The van der Waals surface area contributed by atoms with E-state index in [1.54, 1.807) is 6.07 Å². The SMILES string of the molecule is Cc1cc2c(cc1Cl)C(=O)[C@H](Br)[C@@H](c1ccccc1)O2. The van der Waals surface area contributed by atoms with Gasteiger partial charge in [0.15, 0.2) is 5.78 Å². The second kappa shape index (κ2) is 5.23. The number of Topliss-reactive ketones (excluding diaryl/α,β-unsaturated/α-hetero) is 1. The molecule has 20 heavy (non-hydrogen) atoms. The lowest BCUT2D eigenvalue weighted by Gasteiger charge is -2.30. The Bertz CT molecular complexity index is 670. The lowest BCUT2D eigenvalue weighted by atomic mass is 9.95. The minimum absolute atomic E-state index is 0.00185. The molecule has 0 aromatic heterocycles. The average molecular weight is 352 g/mol. The van der Waals surface area contributed by atoms with Gasteiger partial charge in [0, 0.05) is 5.02 Å². The van der Waals surface area contributed by atoms with Gasteiger partial charge in [-0.15, -0.1) is 0 Å². The van der Waals surface area contributed by atoms with Crippen LogP contribution in [0, 0.1) is 6.92 Å². The molecule has 0 radical (unpaired) electrons. The number of benzene rings is 2. The van der Waals surface area contributed by atoms with Gasteiger partial charge in [-0.3, -0.25) is 4.79 Å². The number of alkyl halides is 1. The van der Waals surface area contributed by atoms with Crippen molar-refractivity contribution in [2.45, 2.75) is 17.9 Å². The largest absolute Gasteiger partial charge is 0.483 e. The monoisotopic (exact) mass is 350 g/mol. The number of ketones is 1. The first-order chi connectivity index (χ1) is 9.58. The number of rotatable bonds is 1. The fourth-order valence-corrected chi connectivity index (χ4v) is 3.13. The van der Waals surface area contributed by atoms with E-state index >= 15 is 0 Å². The maximum atomic E-state index is 12.5. The molecule has 2 nitrogen and oxygen atoms in total. The lowest BCUT2D eigenvalue weighted by molar-refractivity contribution is 0.0872. The smallest absolute Gasteiger partial charge is 0.184 e. The molecule has 0 unspecified atom stereocenters. The summed E-state index contributed by atoms with van der Waals surface area (Å²) < 4.78 is 6.01. The Labute approximate surface area is 130 Å². The zero-order valence-corrected chi connectivity index (χ0v) is 13.1. The molecule has 0 bridgehead atoms. The minimum atomic E-state index is -0.406. The Morgan fingerprint density at radius 1 is 1.20 bits per heavy atom. The van der Waals surface area contributed by atoms with Crippen LogP contribution in [0.2, 0.25) is 5.02 Å². The van der Waals surface area contributed by atoms with Crippen LogP contribution in [-0.2, 0) is 0 Å². The summed E-state index contributed by atoms with van der Waals surface area (Å²) in [5.41, 5.74) is 2.41. The van der Waals surface area contributed by atoms with Crippen LogP contribution in [0.3, 0.4) is 0 Å². The molecule has 3 rings (SSSR count). The Morgan fingerprint density at radius 2 is 1.90 bits per heavy atom. The second-order valence-electron chi connectivity index (χ2n) is 4.81. The van der Waals surface area contributed by atoms with E-state index in [-0.39, 0.29) is 11.9 Å². The van der Waals surface area contributed by atoms with Gasteiger partial charge < -0.3 is 4.74 Å². The third-order valence-electron chi connectivity index (χ3n) is 3.42. The van der Waals surface area contributed by atoms with Gasteiger partial charge in [-0.1, -0.05) is 57.9 Å². The average Bonchev–Trinajstić information content (AvgIpc) is 2.46. The summed E-state index contributed by atoms with van der Waals surface area (Å²) in [6, 6.07) is 13.2. The summed E-state index contributed by atoms with van der Waals surface area (Å²) in [6.07, 6.45) is -0.322. The van der Waals surface area contributed by atoms with Crippen molar-refractivity contribution >= 4 is 33.3 Å². The molecule has 0 fully saturated rings. The van der Waals surface area contributed by atoms with Crippen LogP contribution in [0.4, 0.5) is 0 Å². The number of fused-ring (bicyclic) bond motifs is 1. The third-order valence-corrected chi connectivity index (χ3v) is 4.73. The molecule has 0 N–H and O–H groups in total. The Kier molecular flexibility index (Phi) is 3.57. The molecule has 1 aliphatic rings. The van der Waals surface area contributed by atoms with Crippen molar-refractivity contribution in [2.75, 3.05) is 0 Å². The fourth-order valence-electron chi connectivity index (χ4n) is 2.31. The van der Waals surface area contributed by atoms with E-state index in [0.717, 1.165) is 11.1 Å². The summed E-state index contributed by atoms with van der Waals surface area (Å²) in [5, 5.41) is 0.582. The number of carbonyl (C=O) groups excluding carboxylic acids is 1. The molecule has 4 heteroatoms. The topological polar surface area (TPSA) is 26.3 Å². The van der Waals surface area contributed by atoms with E-state index in [0.29, 0.717) is 16.3 Å². The maximum absolute atomic E-state index is 12.5. The number of hydrogen-bond donors (Lipinski definition) is 0. The zero-order chi connectivity index (χ0) is 14.3. The van der Waals surface area contributed by atoms with E-state index in [9.17, 15) is 4.79 Å². The highest BCUT2D eigenvalue weighted by molar-refractivity contribution is 9.10. The molecule has 102 valence electrons. The van der Waals surface area contributed by atoms with Crippen LogP contribution in [0.25, 0.3) is 0 Å². The zero-order valence-electron chi connectivity index (χ0n) is 10.8. The molecule has 0 amide bonds. The third kappa shape index (κ3) is 2.25. The Morgan fingerprint density at radius 3 is 2.60 bits per heavy atom. The molecule has 2 aromatic rings. The highest BCUT2D eigenvalue weighted by Crippen LogP contribution is 2.40. The quantitative estimate of drug-likeness (QED) is 0.694. The van der Waals surface area contributed by atoms with E-state index in [2.05, 4.69) is 15.9 Å². The van der Waals surface area contributed by atoms with Crippen molar-refractivity contribution in [1.82, 2.24) is 0 Å². The number of halogens is 2. The van der Waals surface area contributed by atoms with Gasteiger partial charge in [0.05, 0.1) is 5.56 Å². The van der Waals surface area contributed by atoms with E-state index in [4.69, 9.17) is 16.3 Å². The van der Waals surface area contributed by atoms with Gasteiger partial charge in [0.2, 0.25) is 0 Å². The molecule has 2 aromatic carbocycles. The van der Waals surface area contributed by atoms with Crippen molar-refractivity contribution < 1.29 is 9.53 Å². The van der Waals surface area contributed by atoms with Gasteiger partial charge >= 0.3 is 0 Å². The lowest BCUT2D eigenvalue weighted by Crippen LogP contribution is -2.32. The number of hydrogen-bond acceptors (Lipinski definition) is 2. The molecule has 1 heterocycles. The predicted molar refractivity (Wildman–Crippen MR) is 83.0 cm³/mol. The summed E-state index contributed by atoms with van der Waals surface area (Å²) in [4.78, 5) is 12.1. The molecule has 0 saturated carbocycles. The second-order valence-corrected chi connectivity index (χ2v) is 6.21. The van der Waals surface area contributed by atoms with Gasteiger partial charge in [-0.05, 0) is 30.2 Å². The van der Waals surface area contributed by atoms with Crippen LogP contribution in [-0.4, -0.2) is 10.6 Å². The first-order valence-electron chi connectivity index (χ1n) is 6.28. The van der Waals surface area contributed by atoms with E-state index < -0.39 is 4.83 Å². The number of ether oxygens (including phenoxy) is 1. The Hall–Kier alpha value is -1.32. The van der Waals surface area contributed by atoms with Crippen LogP contribution in [0.1, 0.15) is 27.6 Å².